The normalized spacial score (nSPS) is 4.40. The summed E-state index contributed by atoms with van der Waals surface area (Å²) in [4.78, 5) is 0. The molecule has 0 aliphatic rings. The van der Waals surface area contributed by atoms with Crippen molar-refractivity contribution in [1.82, 2.24) is 0 Å². The Balaban J connectivity index is 0. The summed E-state index contributed by atoms with van der Waals surface area (Å²) in [5.41, 5.74) is 0. The minimum Gasteiger partial charge on any atom is -0.261 e. The van der Waals surface area contributed by atoms with Gasteiger partial charge in [0.15, 0.2) is 0 Å². The summed E-state index contributed by atoms with van der Waals surface area (Å²) in [6, 6.07) is 0. The lowest BCUT2D eigenvalue weighted by Gasteiger charge is -1.42. The van der Waals surface area contributed by atoms with Crippen molar-refractivity contribution < 1.29 is 4.57 Å². The predicted octanol–water partition coefficient (Wildman–Crippen LogP) is 2.16. The molecule has 0 aromatic heterocycles. The maximum atomic E-state index is 7.94. The van der Waals surface area contributed by atoms with Gasteiger partial charge in [0.25, 0.3) is 9.12 Å². The second-order valence-corrected chi connectivity index (χ2v) is 0.909. The summed E-state index contributed by atoms with van der Waals surface area (Å²) < 4.78 is 7.94. The Bertz CT molecular complexity index is 13.6. The Kier molecular flexibility index (Phi) is 41.3. The van der Waals surface area contributed by atoms with Crippen LogP contribution < -0.4 is 0 Å². The number of rotatable bonds is 0. The third kappa shape index (κ3) is 72.7. The SMILES string of the molecule is ClCCl.O=[P]. The summed E-state index contributed by atoms with van der Waals surface area (Å²) in [5.74, 6) is 0. The van der Waals surface area contributed by atoms with Crippen molar-refractivity contribution >= 4 is 32.3 Å². The topological polar surface area (TPSA) is 17.1 Å². The van der Waals surface area contributed by atoms with Crippen molar-refractivity contribution in [3.8, 4) is 0 Å². The average Bonchev–Trinajstić information content (AvgIpc) is 1.46. The van der Waals surface area contributed by atoms with Gasteiger partial charge in [0, 0.05) is 0 Å². The van der Waals surface area contributed by atoms with Crippen molar-refractivity contribution in [3.05, 3.63) is 0 Å². The molecule has 0 aromatic rings. The Labute approximate surface area is 42.9 Å². The number of alkyl halides is 2. The molecule has 0 saturated heterocycles. The van der Waals surface area contributed by atoms with Gasteiger partial charge < -0.3 is 0 Å². The second-order valence-electron chi connectivity index (χ2n) is 0.101. The zero-order chi connectivity index (χ0) is 4.71. The third-order valence-electron chi connectivity index (χ3n) is 0. The second kappa shape index (κ2) is 22.5. The van der Waals surface area contributed by atoms with E-state index in [2.05, 4.69) is 9.12 Å². The Morgan fingerprint density at radius 1 is 1.40 bits per heavy atom. The van der Waals surface area contributed by atoms with Gasteiger partial charge in [-0.2, -0.15) is 0 Å². The van der Waals surface area contributed by atoms with Gasteiger partial charge in [0.2, 0.25) is 0 Å². The average molecular weight is 132 g/mol. The molecule has 0 saturated carbocycles. The molecule has 0 unspecified atom stereocenters. The fraction of sp³-hybridized carbons (Fsp3) is 1.00. The Morgan fingerprint density at radius 2 is 1.40 bits per heavy atom. The molecule has 0 aliphatic carbocycles. The van der Waals surface area contributed by atoms with Crippen LogP contribution in [0.25, 0.3) is 0 Å². The lowest BCUT2D eigenvalue weighted by atomic mass is 11.9. The van der Waals surface area contributed by atoms with Gasteiger partial charge in [-0.1, -0.05) is 0 Å². The molecule has 31 valence electrons. The van der Waals surface area contributed by atoms with E-state index >= 15 is 0 Å². The first-order chi connectivity index (χ1) is 2.41. The van der Waals surface area contributed by atoms with Gasteiger partial charge in [-0.05, 0) is 0 Å². The summed E-state index contributed by atoms with van der Waals surface area (Å²) in [7, 11) is 2.28. The van der Waals surface area contributed by atoms with Crippen LogP contribution in [0.4, 0.5) is 0 Å². The minimum absolute atomic E-state index is 0.194. The van der Waals surface area contributed by atoms with Gasteiger partial charge in [-0.15, -0.1) is 23.2 Å². The zero-order valence-corrected chi connectivity index (χ0v) is 4.72. The van der Waals surface area contributed by atoms with Crippen molar-refractivity contribution in [1.29, 1.82) is 0 Å². The molecule has 0 aromatic carbocycles. The van der Waals surface area contributed by atoms with Crippen LogP contribution in [-0.4, -0.2) is 5.34 Å². The number of hydrogen-bond acceptors (Lipinski definition) is 1. The van der Waals surface area contributed by atoms with E-state index in [9.17, 15) is 0 Å². The standard InChI is InChI=1S/CH2Cl2.OP/c2-1-3;1-2/h1H2;. The highest BCUT2D eigenvalue weighted by Crippen LogP contribution is 1.73. The maximum Gasteiger partial charge on any atom is 0.261 e. The summed E-state index contributed by atoms with van der Waals surface area (Å²) in [6.07, 6.45) is 0. The molecule has 5 heavy (non-hydrogen) atoms. The number of halogens is 2. The van der Waals surface area contributed by atoms with Gasteiger partial charge in [-0.25, -0.2) is 0 Å². The first-order valence-electron chi connectivity index (χ1n) is 0.717. The van der Waals surface area contributed by atoms with Gasteiger partial charge >= 0.3 is 0 Å². The molecule has 0 heterocycles. The Hall–Kier alpha value is 0.680. The van der Waals surface area contributed by atoms with E-state index in [4.69, 9.17) is 27.8 Å². The van der Waals surface area contributed by atoms with Crippen LogP contribution in [0.15, 0.2) is 0 Å². The van der Waals surface area contributed by atoms with Crippen LogP contribution in [0.1, 0.15) is 0 Å². The highest BCUT2D eigenvalue weighted by atomic mass is 35.5. The first-order valence-corrected chi connectivity index (χ1v) is 2.15. The van der Waals surface area contributed by atoms with Crippen LogP contribution in [0.3, 0.4) is 0 Å². The molecule has 0 fully saturated rings. The molecule has 0 spiro atoms. The molecule has 0 atom stereocenters. The molecule has 1 nitrogen and oxygen atoms in total. The van der Waals surface area contributed by atoms with Crippen LogP contribution in [0.2, 0.25) is 0 Å². The van der Waals surface area contributed by atoms with Crippen molar-refractivity contribution in [3.63, 3.8) is 0 Å². The predicted molar refractivity (Wildman–Crippen MR) is 24.2 cm³/mol. The molecule has 1 radical (unpaired) electrons. The van der Waals surface area contributed by atoms with Crippen molar-refractivity contribution in [2.75, 3.05) is 5.34 Å². The molecule has 0 bridgehead atoms. The molecular weight excluding hydrogens is 130 g/mol. The highest BCUT2D eigenvalue weighted by molar-refractivity contribution is 7.00. The fourth-order valence-corrected chi connectivity index (χ4v) is 0. The molecule has 0 N–H and O–H groups in total. The molecule has 0 amide bonds. The van der Waals surface area contributed by atoms with E-state index in [1.165, 1.54) is 0 Å². The summed E-state index contributed by atoms with van der Waals surface area (Å²) in [6.45, 7) is 0. The fourth-order valence-electron chi connectivity index (χ4n) is 0. The smallest absolute Gasteiger partial charge is 0.261 e. The van der Waals surface area contributed by atoms with Crippen molar-refractivity contribution in [2.24, 2.45) is 0 Å². The third-order valence-corrected chi connectivity index (χ3v) is 0. The first kappa shape index (κ1) is 9.19. The van der Waals surface area contributed by atoms with Crippen molar-refractivity contribution in [2.45, 2.75) is 0 Å². The van der Waals surface area contributed by atoms with Crippen LogP contribution in [-0.2, 0) is 4.57 Å². The minimum atomic E-state index is 0.194. The molecular formula is CH2Cl2OP. The quantitative estimate of drug-likeness (QED) is 0.364. The summed E-state index contributed by atoms with van der Waals surface area (Å²) in [5, 5.41) is 0.194. The summed E-state index contributed by atoms with van der Waals surface area (Å²) >= 11 is 9.53. The van der Waals surface area contributed by atoms with Gasteiger partial charge in [0.05, 0.1) is 5.34 Å². The molecule has 0 aliphatic heterocycles. The van der Waals surface area contributed by atoms with E-state index in [0.717, 1.165) is 0 Å². The molecule has 4 heteroatoms. The van der Waals surface area contributed by atoms with Crippen LogP contribution in [0.5, 0.6) is 0 Å². The molecule has 0 rings (SSSR count). The van der Waals surface area contributed by atoms with Gasteiger partial charge in [0.1, 0.15) is 0 Å². The monoisotopic (exact) mass is 131 g/mol. The maximum absolute atomic E-state index is 7.94. The lowest BCUT2D eigenvalue weighted by molar-refractivity contribution is 0.607. The van der Waals surface area contributed by atoms with E-state index in [0.29, 0.717) is 0 Å². The highest BCUT2D eigenvalue weighted by Gasteiger charge is 1.41. The number of hydrogen-bond donors (Lipinski definition) is 0. The van der Waals surface area contributed by atoms with Crippen LogP contribution >= 0.6 is 32.3 Å². The van der Waals surface area contributed by atoms with E-state index in [-0.39, 0.29) is 5.34 Å². The van der Waals surface area contributed by atoms with E-state index in [1.807, 2.05) is 0 Å². The Morgan fingerprint density at radius 3 is 1.40 bits per heavy atom. The van der Waals surface area contributed by atoms with E-state index in [1.54, 1.807) is 0 Å². The van der Waals surface area contributed by atoms with E-state index < -0.39 is 0 Å². The zero-order valence-electron chi connectivity index (χ0n) is 2.32. The lowest BCUT2D eigenvalue weighted by Crippen LogP contribution is -1.24. The largest absolute Gasteiger partial charge is 0.261 e. The van der Waals surface area contributed by atoms with Gasteiger partial charge in [-0.3, -0.25) is 4.57 Å². The van der Waals surface area contributed by atoms with Crippen LogP contribution in [0, 0.1) is 0 Å².